The van der Waals surface area contributed by atoms with E-state index in [4.69, 9.17) is 11.6 Å². The highest BCUT2D eigenvalue weighted by Crippen LogP contribution is 2.18. The van der Waals surface area contributed by atoms with Crippen LogP contribution in [0.2, 0.25) is 5.02 Å². The zero-order valence-corrected chi connectivity index (χ0v) is 17.1. The summed E-state index contributed by atoms with van der Waals surface area (Å²) in [5.74, 6) is 1.31. The van der Waals surface area contributed by atoms with E-state index >= 15 is 0 Å². The zero-order valence-electron chi connectivity index (χ0n) is 16.4. The third kappa shape index (κ3) is 5.42. The topological polar surface area (TPSA) is 78.4 Å². The molecule has 150 valence electrons. The molecule has 2 heterocycles. The number of aliphatic hydroxyl groups is 1. The second kappa shape index (κ2) is 9.34. The largest absolute Gasteiger partial charge is 0.394 e. The number of nitrogens with one attached hydrogen (secondary N) is 1. The lowest BCUT2D eigenvalue weighted by Crippen LogP contribution is -2.48. The number of urea groups is 1. The van der Waals surface area contributed by atoms with Gasteiger partial charge in [0.2, 0.25) is 0 Å². The summed E-state index contributed by atoms with van der Waals surface area (Å²) in [6, 6.07) is 6.90. The van der Waals surface area contributed by atoms with Crippen molar-refractivity contribution in [2.24, 2.45) is 5.92 Å². The Morgan fingerprint density at radius 3 is 2.71 bits per heavy atom. The second-order valence-electron chi connectivity index (χ2n) is 7.69. The lowest BCUT2D eigenvalue weighted by atomic mass is 10.1. The van der Waals surface area contributed by atoms with Gasteiger partial charge in [-0.3, -0.25) is 0 Å². The highest BCUT2D eigenvalue weighted by atomic mass is 35.5. The maximum atomic E-state index is 12.7. The summed E-state index contributed by atoms with van der Waals surface area (Å²) >= 11 is 5.91. The van der Waals surface area contributed by atoms with Crippen molar-refractivity contribution in [3.63, 3.8) is 0 Å². The van der Waals surface area contributed by atoms with Crippen molar-refractivity contribution < 1.29 is 9.90 Å². The molecule has 1 atom stereocenters. The second-order valence-corrected chi connectivity index (χ2v) is 8.12. The molecule has 6 nitrogen and oxygen atoms in total. The SMILES string of the molecule is CC(C)Cc1ncc2c(n1)CN(C(=O)N[C@H](CO)Cc1ccc(Cl)cc1)CC2. The number of rotatable bonds is 6. The molecule has 0 saturated heterocycles. The van der Waals surface area contributed by atoms with Crippen LogP contribution < -0.4 is 5.32 Å². The predicted molar refractivity (Wildman–Crippen MR) is 109 cm³/mol. The Morgan fingerprint density at radius 2 is 2.04 bits per heavy atom. The number of halogens is 1. The average molecular weight is 403 g/mol. The van der Waals surface area contributed by atoms with E-state index in [9.17, 15) is 9.90 Å². The third-order valence-corrected chi connectivity index (χ3v) is 5.07. The molecule has 2 N–H and O–H groups in total. The molecule has 1 aliphatic rings. The zero-order chi connectivity index (χ0) is 20.1. The van der Waals surface area contributed by atoms with E-state index in [0.29, 0.717) is 30.5 Å². The molecule has 3 rings (SSSR count). The fourth-order valence-electron chi connectivity index (χ4n) is 3.31. The first-order valence-corrected chi connectivity index (χ1v) is 10.1. The summed E-state index contributed by atoms with van der Waals surface area (Å²) in [7, 11) is 0. The standard InChI is InChI=1S/C21H27ClN4O2/c1-14(2)9-20-23-11-16-7-8-26(12-19(16)25-20)21(28)24-18(13-27)10-15-3-5-17(22)6-4-15/h3-6,11,14,18,27H,7-10,12-13H2,1-2H3,(H,24,28)/t18-/m0/s1. The number of hydrogen-bond acceptors (Lipinski definition) is 4. The quantitative estimate of drug-likeness (QED) is 0.778. The van der Waals surface area contributed by atoms with E-state index in [1.165, 1.54) is 0 Å². The van der Waals surface area contributed by atoms with Crippen LogP contribution >= 0.6 is 11.6 Å². The van der Waals surface area contributed by atoms with Gasteiger partial charge in [0.1, 0.15) is 5.82 Å². The summed E-state index contributed by atoms with van der Waals surface area (Å²) in [5.41, 5.74) is 3.04. The van der Waals surface area contributed by atoms with Crippen LogP contribution in [-0.2, 0) is 25.8 Å². The Kier molecular flexibility index (Phi) is 6.86. The van der Waals surface area contributed by atoms with E-state index in [0.717, 1.165) is 35.5 Å². The Morgan fingerprint density at radius 1 is 1.29 bits per heavy atom. The Bertz CT molecular complexity index is 811. The molecule has 1 aliphatic heterocycles. The summed E-state index contributed by atoms with van der Waals surface area (Å²) in [6.07, 6.45) is 4.01. The number of aliphatic hydroxyl groups excluding tert-OH is 1. The molecular formula is C21H27ClN4O2. The van der Waals surface area contributed by atoms with Crippen LogP contribution in [-0.4, -0.2) is 45.2 Å². The number of aromatic nitrogens is 2. The number of fused-ring (bicyclic) bond motifs is 1. The number of carbonyl (C=O) groups is 1. The van der Waals surface area contributed by atoms with Crippen LogP contribution in [0, 0.1) is 5.92 Å². The molecule has 0 radical (unpaired) electrons. The lowest BCUT2D eigenvalue weighted by Gasteiger charge is -2.30. The third-order valence-electron chi connectivity index (χ3n) is 4.82. The van der Waals surface area contributed by atoms with Gasteiger partial charge in [-0.15, -0.1) is 0 Å². The maximum Gasteiger partial charge on any atom is 0.318 e. The van der Waals surface area contributed by atoms with E-state index < -0.39 is 0 Å². The minimum atomic E-state index is -0.350. The lowest BCUT2D eigenvalue weighted by molar-refractivity contribution is 0.176. The van der Waals surface area contributed by atoms with Crippen molar-refractivity contribution >= 4 is 17.6 Å². The van der Waals surface area contributed by atoms with Crippen molar-refractivity contribution in [1.82, 2.24) is 20.2 Å². The maximum absolute atomic E-state index is 12.7. The Hall–Kier alpha value is -2.18. The first-order chi connectivity index (χ1) is 13.4. The molecule has 2 amide bonds. The highest BCUT2D eigenvalue weighted by Gasteiger charge is 2.24. The summed E-state index contributed by atoms with van der Waals surface area (Å²) < 4.78 is 0. The van der Waals surface area contributed by atoms with Gasteiger partial charge in [-0.05, 0) is 42.0 Å². The molecule has 0 fully saturated rings. The van der Waals surface area contributed by atoms with Crippen molar-refractivity contribution in [3.8, 4) is 0 Å². The minimum Gasteiger partial charge on any atom is -0.394 e. The van der Waals surface area contributed by atoms with Crippen LogP contribution in [0.3, 0.4) is 0 Å². The van der Waals surface area contributed by atoms with E-state index in [-0.39, 0.29) is 18.7 Å². The van der Waals surface area contributed by atoms with Gasteiger partial charge >= 0.3 is 6.03 Å². The minimum absolute atomic E-state index is 0.125. The smallest absolute Gasteiger partial charge is 0.318 e. The first-order valence-electron chi connectivity index (χ1n) is 9.69. The van der Waals surface area contributed by atoms with E-state index in [1.54, 1.807) is 4.90 Å². The average Bonchev–Trinajstić information content (AvgIpc) is 2.68. The van der Waals surface area contributed by atoms with Gasteiger partial charge in [0.15, 0.2) is 0 Å². The van der Waals surface area contributed by atoms with Gasteiger partial charge in [-0.1, -0.05) is 37.6 Å². The number of amides is 2. The first kappa shape index (κ1) is 20.6. The van der Waals surface area contributed by atoms with Crippen LogP contribution in [0.1, 0.15) is 36.5 Å². The molecule has 1 aromatic heterocycles. The summed E-state index contributed by atoms with van der Waals surface area (Å²) in [4.78, 5) is 23.6. The molecule has 1 aromatic carbocycles. The van der Waals surface area contributed by atoms with Gasteiger partial charge in [0.05, 0.1) is 24.9 Å². The van der Waals surface area contributed by atoms with Gasteiger partial charge < -0.3 is 15.3 Å². The molecule has 7 heteroatoms. The van der Waals surface area contributed by atoms with E-state index in [2.05, 4.69) is 29.1 Å². The Labute approximate surface area is 171 Å². The van der Waals surface area contributed by atoms with Crippen LogP contribution in [0.25, 0.3) is 0 Å². The normalized spacial score (nSPS) is 14.7. The number of benzene rings is 1. The molecule has 0 bridgehead atoms. The van der Waals surface area contributed by atoms with Crippen molar-refractivity contribution in [1.29, 1.82) is 0 Å². The van der Waals surface area contributed by atoms with Crippen LogP contribution in [0.5, 0.6) is 0 Å². The molecule has 28 heavy (non-hydrogen) atoms. The van der Waals surface area contributed by atoms with Gasteiger partial charge in [0, 0.05) is 24.2 Å². The summed E-state index contributed by atoms with van der Waals surface area (Å²) in [5, 5.41) is 13.3. The van der Waals surface area contributed by atoms with Crippen LogP contribution in [0.15, 0.2) is 30.5 Å². The van der Waals surface area contributed by atoms with Crippen molar-refractivity contribution in [2.75, 3.05) is 13.2 Å². The summed E-state index contributed by atoms with van der Waals surface area (Å²) in [6.45, 7) is 5.23. The predicted octanol–water partition coefficient (Wildman–Crippen LogP) is 3.00. The molecule has 2 aromatic rings. The van der Waals surface area contributed by atoms with Gasteiger partial charge in [0.25, 0.3) is 0 Å². The highest BCUT2D eigenvalue weighted by molar-refractivity contribution is 6.30. The molecular weight excluding hydrogens is 376 g/mol. The van der Waals surface area contributed by atoms with Crippen molar-refractivity contribution in [2.45, 2.75) is 45.7 Å². The number of carbonyl (C=O) groups excluding carboxylic acids is 1. The molecule has 0 aliphatic carbocycles. The Balaban J connectivity index is 1.62. The van der Waals surface area contributed by atoms with Gasteiger partial charge in [-0.25, -0.2) is 14.8 Å². The van der Waals surface area contributed by atoms with Crippen molar-refractivity contribution in [3.05, 3.63) is 58.1 Å². The molecule has 0 unspecified atom stereocenters. The molecule has 0 saturated carbocycles. The van der Waals surface area contributed by atoms with Crippen LogP contribution in [0.4, 0.5) is 4.79 Å². The fraction of sp³-hybridized carbons (Fsp3) is 0.476. The fourth-order valence-corrected chi connectivity index (χ4v) is 3.44. The number of nitrogens with zero attached hydrogens (tertiary/aromatic N) is 3. The monoisotopic (exact) mass is 402 g/mol. The molecule has 0 spiro atoms. The number of hydrogen-bond donors (Lipinski definition) is 2. The van der Waals surface area contributed by atoms with Gasteiger partial charge in [-0.2, -0.15) is 0 Å². The van der Waals surface area contributed by atoms with E-state index in [1.807, 2.05) is 30.5 Å².